The molecule has 0 spiro atoms. The average Bonchev–Trinajstić information content (AvgIpc) is 2.61. The molecule has 25 heavy (non-hydrogen) atoms. The van der Waals surface area contributed by atoms with Gasteiger partial charge in [0.15, 0.2) is 6.61 Å². The van der Waals surface area contributed by atoms with E-state index in [2.05, 4.69) is 21.2 Å². The molecule has 0 unspecified atom stereocenters. The van der Waals surface area contributed by atoms with Gasteiger partial charge in [-0.05, 0) is 58.6 Å². The number of hydrogen-bond acceptors (Lipinski definition) is 4. The summed E-state index contributed by atoms with van der Waals surface area (Å²) in [5, 5.41) is 2.75. The van der Waals surface area contributed by atoms with Gasteiger partial charge in [0.2, 0.25) is 0 Å². The van der Waals surface area contributed by atoms with E-state index < -0.39 is 5.97 Å². The number of rotatable bonds is 7. The molecular weight excluding hydrogens is 386 g/mol. The van der Waals surface area contributed by atoms with Crippen LogP contribution < -0.4 is 10.1 Å². The zero-order valence-corrected chi connectivity index (χ0v) is 15.8. The highest BCUT2D eigenvalue weighted by atomic mass is 79.9. The van der Waals surface area contributed by atoms with Gasteiger partial charge in [-0.15, -0.1) is 0 Å². The highest BCUT2D eigenvalue weighted by Gasteiger charge is 2.14. The quantitative estimate of drug-likeness (QED) is 0.717. The van der Waals surface area contributed by atoms with E-state index in [1.807, 2.05) is 31.2 Å². The van der Waals surface area contributed by atoms with Crippen molar-refractivity contribution >= 4 is 27.8 Å². The molecule has 0 fully saturated rings. The van der Waals surface area contributed by atoms with Crippen LogP contribution in [0.3, 0.4) is 0 Å². The lowest BCUT2D eigenvalue weighted by Gasteiger charge is -2.09. The Morgan fingerprint density at radius 1 is 1.16 bits per heavy atom. The Morgan fingerprint density at radius 3 is 2.64 bits per heavy atom. The zero-order valence-electron chi connectivity index (χ0n) is 14.2. The molecule has 1 N–H and O–H groups in total. The summed E-state index contributed by atoms with van der Waals surface area (Å²) in [5.74, 6) is -0.376. The van der Waals surface area contributed by atoms with Crippen LogP contribution in [-0.2, 0) is 16.0 Å². The first-order valence-corrected chi connectivity index (χ1v) is 8.62. The van der Waals surface area contributed by atoms with Crippen molar-refractivity contribution in [2.75, 3.05) is 20.3 Å². The predicted molar refractivity (Wildman–Crippen MR) is 98.9 cm³/mol. The molecule has 0 heterocycles. The molecule has 0 aliphatic carbocycles. The molecule has 6 heteroatoms. The molecule has 0 radical (unpaired) electrons. The topological polar surface area (TPSA) is 64.6 Å². The van der Waals surface area contributed by atoms with Crippen LogP contribution in [0.25, 0.3) is 0 Å². The van der Waals surface area contributed by atoms with E-state index in [1.54, 1.807) is 18.2 Å². The van der Waals surface area contributed by atoms with Crippen molar-refractivity contribution in [1.82, 2.24) is 5.32 Å². The molecule has 0 saturated carbocycles. The van der Waals surface area contributed by atoms with E-state index in [1.165, 1.54) is 18.2 Å². The van der Waals surface area contributed by atoms with E-state index in [9.17, 15) is 9.59 Å². The van der Waals surface area contributed by atoms with Gasteiger partial charge >= 0.3 is 5.97 Å². The average molecular weight is 406 g/mol. The summed E-state index contributed by atoms with van der Waals surface area (Å²) < 4.78 is 10.7. The maximum Gasteiger partial charge on any atom is 0.339 e. The summed E-state index contributed by atoms with van der Waals surface area (Å²) in [4.78, 5) is 23.9. The first-order chi connectivity index (χ1) is 12.0. The predicted octanol–water partition coefficient (Wildman–Crippen LogP) is 3.28. The van der Waals surface area contributed by atoms with Gasteiger partial charge in [-0.1, -0.05) is 24.3 Å². The number of benzene rings is 2. The third-order valence-electron chi connectivity index (χ3n) is 3.71. The van der Waals surface area contributed by atoms with Gasteiger partial charge in [0.05, 0.1) is 12.7 Å². The molecule has 0 aliphatic heterocycles. The number of carbonyl (C=O) groups is 2. The molecule has 5 nitrogen and oxygen atoms in total. The maximum atomic E-state index is 12.1. The Balaban J connectivity index is 1.80. The highest BCUT2D eigenvalue weighted by molar-refractivity contribution is 9.10. The number of nitrogens with one attached hydrogen (secondary N) is 1. The van der Waals surface area contributed by atoms with Gasteiger partial charge in [-0.3, -0.25) is 4.79 Å². The number of ether oxygens (including phenoxy) is 2. The largest absolute Gasteiger partial charge is 0.497 e. The van der Waals surface area contributed by atoms with Crippen LogP contribution in [0.5, 0.6) is 5.75 Å². The summed E-state index contributed by atoms with van der Waals surface area (Å²) >= 11 is 3.28. The monoisotopic (exact) mass is 405 g/mol. The van der Waals surface area contributed by atoms with Gasteiger partial charge < -0.3 is 14.8 Å². The van der Waals surface area contributed by atoms with Crippen LogP contribution in [0.1, 0.15) is 21.5 Å². The third-order valence-corrected chi connectivity index (χ3v) is 4.40. The van der Waals surface area contributed by atoms with E-state index in [4.69, 9.17) is 9.47 Å². The van der Waals surface area contributed by atoms with Crippen LogP contribution in [0, 0.1) is 6.92 Å². The van der Waals surface area contributed by atoms with Gasteiger partial charge in [-0.2, -0.15) is 0 Å². The van der Waals surface area contributed by atoms with Crippen LogP contribution >= 0.6 is 15.9 Å². The first-order valence-electron chi connectivity index (χ1n) is 7.83. The van der Waals surface area contributed by atoms with Crippen molar-refractivity contribution in [1.29, 1.82) is 0 Å². The molecule has 0 atom stereocenters. The zero-order chi connectivity index (χ0) is 18.2. The van der Waals surface area contributed by atoms with Gasteiger partial charge in [-0.25, -0.2) is 4.79 Å². The minimum atomic E-state index is -0.583. The van der Waals surface area contributed by atoms with Crippen LogP contribution in [-0.4, -0.2) is 32.1 Å². The van der Waals surface area contributed by atoms with Gasteiger partial charge in [0, 0.05) is 11.0 Å². The van der Waals surface area contributed by atoms with E-state index >= 15 is 0 Å². The molecule has 2 rings (SSSR count). The summed E-state index contributed by atoms with van der Waals surface area (Å²) in [6.45, 7) is 2.20. The van der Waals surface area contributed by atoms with Crippen molar-refractivity contribution in [2.45, 2.75) is 13.3 Å². The molecule has 132 valence electrons. The number of amides is 1. The lowest BCUT2D eigenvalue weighted by molar-refractivity contribution is -0.124. The summed E-state index contributed by atoms with van der Waals surface area (Å²) in [5.41, 5.74) is 2.68. The second-order valence-corrected chi connectivity index (χ2v) is 6.30. The second kappa shape index (κ2) is 9.22. The summed E-state index contributed by atoms with van der Waals surface area (Å²) in [6, 6.07) is 13.0. The fourth-order valence-corrected chi connectivity index (χ4v) is 2.68. The Labute approximate surface area is 155 Å². The minimum absolute atomic E-state index is 0.312. The molecule has 2 aromatic rings. The summed E-state index contributed by atoms with van der Waals surface area (Å²) in [7, 11) is 1.51. The molecular formula is C19H20BrNO4. The number of halogens is 1. The van der Waals surface area contributed by atoms with E-state index in [-0.39, 0.29) is 12.5 Å². The maximum absolute atomic E-state index is 12.1. The lowest BCUT2D eigenvalue weighted by atomic mass is 10.1. The van der Waals surface area contributed by atoms with Crippen LogP contribution in [0.2, 0.25) is 0 Å². The smallest absolute Gasteiger partial charge is 0.339 e. The normalized spacial score (nSPS) is 10.2. The number of methoxy groups -OCH3 is 1. The Hall–Kier alpha value is -2.34. The Bertz CT molecular complexity index is 761. The molecule has 1 amide bonds. The molecule has 2 aromatic carbocycles. The minimum Gasteiger partial charge on any atom is -0.497 e. The fourth-order valence-electron chi connectivity index (χ4n) is 2.27. The number of esters is 1. The van der Waals surface area contributed by atoms with Crippen molar-refractivity contribution in [3.05, 3.63) is 63.6 Å². The molecule has 0 saturated heterocycles. The highest BCUT2D eigenvalue weighted by Crippen LogP contribution is 2.23. The number of aryl methyl sites for hydroxylation is 1. The standard InChI is InChI=1S/C19H20BrNO4/c1-13-5-3-4-6-14(13)9-10-21-18(22)12-25-19(23)16-11-15(24-2)7-8-17(16)20/h3-8,11H,9-10,12H2,1-2H3,(H,21,22). The van der Waals surface area contributed by atoms with Gasteiger partial charge in [0.25, 0.3) is 5.91 Å². The Morgan fingerprint density at radius 2 is 1.92 bits per heavy atom. The molecule has 0 aliphatic rings. The second-order valence-electron chi connectivity index (χ2n) is 5.45. The first kappa shape index (κ1) is 19.0. The number of carbonyl (C=O) groups excluding carboxylic acids is 2. The van der Waals surface area contributed by atoms with E-state index in [0.29, 0.717) is 22.3 Å². The third kappa shape index (κ3) is 5.60. The number of hydrogen-bond donors (Lipinski definition) is 1. The summed E-state index contributed by atoms with van der Waals surface area (Å²) in [6.07, 6.45) is 0.730. The SMILES string of the molecule is COc1ccc(Br)c(C(=O)OCC(=O)NCCc2ccccc2C)c1. The van der Waals surface area contributed by atoms with Crippen molar-refractivity contribution in [3.8, 4) is 5.75 Å². The van der Waals surface area contributed by atoms with Crippen LogP contribution in [0.4, 0.5) is 0 Å². The van der Waals surface area contributed by atoms with E-state index in [0.717, 1.165) is 6.42 Å². The Kier molecular flexibility index (Phi) is 7.01. The van der Waals surface area contributed by atoms with Crippen molar-refractivity contribution < 1.29 is 19.1 Å². The molecule has 0 bridgehead atoms. The lowest BCUT2D eigenvalue weighted by Crippen LogP contribution is -2.30. The molecule has 0 aromatic heterocycles. The van der Waals surface area contributed by atoms with Gasteiger partial charge in [0.1, 0.15) is 5.75 Å². The van der Waals surface area contributed by atoms with Crippen LogP contribution in [0.15, 0.2) is 46.9 Å². The van der Waals surface area contributed by atoms with Crippen molar-refractivity contribution in [2.24, 2.45) is 0 Å². The fraction of sp³-hybridized carbons (Fsp3) is 0.263. The van der Waals surface area contributed by atoms with Crippen molar-refractivity contribution in [3.63, 3.8) is 0 Å².